The van der Waals surface area contributed by atoms with Crippen LogP contribution in [0.5, 0.6) is 0 Å². The van der Waals surface area contributed by atoms with Gasteiger partial charge in [0.1, 0.15) is 5.82 Å². The first-order valence-electron chi connectivity index (χ1n) is 5.69. The molecule has 0 radical (unpaired) electrons. The molecule has 0 heterocycles. The van der Waals surface area contributed by atoms with E-state index in [0.717, 1.165) is 6.07 Å². The van der Waals surface area contributed by atoms with Crippen LogP contribution in [0.3, 0.4) is 0 Å². The van der Waals surface area contributed by atoms with E-state index < -0.39 is 10.7 Å². The van der Waals surface area contributed by atoms with E-state index in [1.165, 1.54) is 36.4 Å². The number of nitro groups is 1. The summed E-state index contributed by atoms with van der Waals surface area (Å²) in [7, 11) is 0. The average molecular weight is 294 g/mol. The number of nitrogens with zero attached hydrogens (tertiary/aromatic N) is 1. The minimum absolute atomic E-state index is 0.0407. The number of benzene rings is 2. The Bertz CT molecular complexity index is 671. The lowest BCUT2D eigenvalue weighted by molar-refractivity contribution is -0.384. The Kier molecular flexibility index (Phi) is 4.10. The van der Waals surface area contributed by atoms with E-state index >= 15 is 0 Å². The van der Waals surface area contributed by atoms with Gasteiger partial charge < -0.3 is 0 Å². The summed E-state index contributed by atoms with van der Waals surface area (Å²) in [5, 5.41) is 10.5. The lowest BCUT2D eigenvalue weighted by Crippen LogP contribution is -2.04. The number of hydrogen-bond acceptors (Lipinski definition) is 3. The van der Waals surface area contributed by atoms with Gasteiger partial charge in [0, 0.05) is 24.1 Å². The van der Waals surface area contributed by atoms with Gasteiger partial charge in [-0.25, -0.2) is 4.39 Å². The molecule has 2 aromatic carbocycles. The van der Waals surface area contributed by atoms with Crippen molar-refractivity contribution in [2.24, 2.45) is 0 Å². The standard InChI is InChI=1S/C14H9ClFNO3/c15-12-6-3-10(8-13(12)16)14(18)7-9-1-4-11(5-2-9)17(19)20/h1-6,8H,7H2. The summed E-state index contributed by atoms with van der Waals surface area (Å²) in [6, 6.07) is 9.50. The summed E-state index contributed by atoms with van der Waals surface area (Å²) in [5.74, 6) is -0.935. The second kappa shape index (κ2) is 5.79. The molecular formula is C14H9ClFNO3. The highest BCUT2D eigenvalue weighted by atomic mass is 35.5. The van der Waals surface area contributed by atoms with Gasteiger partial charge in [-0.1, -0.05) is 23.7 Å². The molecule has 0 aromatic heterocycles. The van der Waals surface area contributed by atoms with Gasteiger partial charge in [0.05, 0.1) is 9.95 Å². The number of Topliss-reactive ketones (excluding diaryl/α,β-unsaturated/α-hetero) is 1. The molecule has 4 nitrogen and oxygen atoms in total. The van der Waals surface area contributed by atoms with Crippen LogP contribution in [0, 0.1) is 15.9 Å². The molecule has 0 aliphatic heterocycles. The lowest BCUT2D eigenvalue weighted by atomic mass is 10.0. The summed E-state index contributed by atoms with van der Waals surface area (Å²) < 4.78 is 13.3. The van der Waals surface area contributed by atoms with E-state index in [1.807, 2.05) is 0 Å². The molecule has 0 spiro atoms. The predicted octanol–water partition coefficient (Wildman–Crippen LogP) is 3.81. The Morgan fingerprint density at radius 2 is 1.85 bits per heavy atom. The van der Waals surface area contributed by atoms with Gasteiger partial charge in [0.2, 0.25) is 0 Å². The quantitative estimate of drug-likeness (QED) is 0.489. The molecule has 102 valence electrons. The van der Waals surface area contributed by atoms with Gasteiger partial charge in [-0.3, -0.25) is 14.9 Å². The van der Waals surface area contributed by atoms with E-state index in [1.54, 1.807) is 0 Å². The third-order valence-corrected chi connectivity index (χ3v) is 3.06. The zero-order valence-electron chi connectivity index (χ0n) is 10.2. The first kappa shape index (κ1) is 14.1. The van der Waals surface area contributed by atoms with E-state index in [-0.39, 0.29) is 28.5 Å². The van der Waals surface area contributed by atoms with Crippen molar-refractivity contribution in [1.29, 1.82) is 0 Å². The van der Waals surface area contributed by atoms with Crippen LogP contribution in [0.4, 0.5) is 10.1 Å². The van der Waals surface area contributed by atoms with Crippen molar-refractivity contribution < 1.29 is 14.1 Å². The van der Waals surface area contributed by atoms with Crippen molar-refractivity contribution in [3.05, 3.63) is 74.5 Å². The third-order valence-electron chi connectivity index (χ3n) is 2.75. The zero-order chi connectivity index (χ0) is 14.7. The average Bonchev–Trinajstić information content (AvgIpc) is 2.42. The van der Waals surface area contributed by atoms with Crippen LogP contribution < -0.4 is 0 Å². The van der Waals surface area contributed by atoms with Crippen molar-refractivity contribution in [3.8, 4) is 0 Å². The highest BCUT2D eigenvalue weighted by Gasteiger charge is 2.11. The Morgan fingerprint density at radius 1 is 1.20 bits per heavy atom. The molecular weight excluding hydrogens is 285 g/mol. The highest BCUT2D eigenvalue weighted by Crippen LogP contribution is 2.18. The fourth-order valence-electron chi connectivity index (χ4n) is 1.69. The molecule has 2 aromatic rings. The van der Waals surface area contributed by atoms with Crippen molar-refractivity contribution in [1.82, 2.24) is 0 Å². The SMILES string of the molecule is O=C(Cc1ccc([N+](=O)[O-])cc1)c1ccc(Cl)c(F)c1. The van der Waals surface area contributed by atoms with Crippen molar-refractivity contribution in [2.45, 2.75) is 6.42 Å². The third kappa shape index (κ3) is 3.19. The Hall–Kier alpha value is -2.27. The molecule has 0 amide bonds. The van der Waals surface area contributed by atoms with Gasteiger partial charge >= 0.3 is 0 Å². The van der Waals surface area contributed by atoms with Gasteiger partial charge in [-0.15, -0.1) is 0 Å². The summed E-state index contributed by atoms with van der Waals surface area (Å²) in [6.07, 6.45) is 0.0407. The number of nitro benzene ring substituents is 1. The zero-order valence-corrected chi connectivity index (χ0v) is 10.9. The molecule has 0 saturated heterocycles. The largest absolute Gasteiger partial charge is 0.294 e. The topological polar surface area (TPSA) is 60.2 Å². The molecule has 0 atom stereocenters. The summed E-state index contributed by atoms with van der Waals surface area (Å²) in [5.41, 5.74) is 0.792. The van der Waals surface area contributed by atoms with Gasteiger partial charge in [0.25, 0.3) is 5.69 Å². The number of ketones is 1. The normalized spacial score (nSPS) is 10.3. The number of carbonyl (C=O) groups is 1. The second-order valence-corrected chi connectivity index (χ2v) is 4.56. The van der Waals surface area contributed by atoms with E-state index in [4.69, 9.17) is 11.6 Å². The smallest absolute Gasteiger partial charge is 0.269 e. The van der Waals surface area contributed by atoms with Crippen molar-refractivity contribution in [3.63, 3.8) is 0 Å². The number of halogens is 2. The van der Waals surface area contributed by atoms with E-state index in [2.05, 4.69) is 0 Å². The van der Waals surface area contributed by atoms with Crippen LogP contribution >= 0.6 is 11.6 Å². The monoisotopic (exact) mass is 293 g/mol. The predicted molar refractivity (Wildman–Crippen MR) is 72.5 cm³/mol. The Morgan fingerprint density at radius 3 is 2.40 bits per heavy atom. The maximum atomic E-state index is 13.3. The molecule has 0 aliphatic rings. The molecule has 0 aliphatic carbocycles. The summed E-state index contributed by atoms with van der Waals surface area (Å²) in [4.78, 5) is 21.9. The number of hydrogen-bond donors (Lipinski definition) is 0. The van der Waals surface area contributed by atoms with Crippen molar-refractivity contribution >= 4 is 23.1 Å². The highest BCUT2D eigenvalue weighted by molar-refractivity contribution is 6.30. The molecule has 2 rings (SSSR count). The molecule has 0 saturated carbocycles. The van der Waals surface area contributed by atoms with Crippen LogP contribution in [-0.4, -0.2) is 10.7 Å². The molecule has 0 fully saturated rings. The second-order valence-electron chi connectivity index (χ2n) is 4.15. The lowest BCUT2D eigenvalue weighted by Gasteiger charge is -2.03. The van der Waals surface area contributed by atoms with E-state index in [0.29, 0.717) is 5.56 Å². The maximum absolute atomic E-state index is 13.3. The minimum atomic E-state index is -0.652. The molecule has 0 unspecified atom stereocenters. The van der Waals surface area contributed by atoms with E-state index in [9.17, 15) is 19.3 Å². The fourth-order valence-corrected chi connectivity index (χ4v) is 1.81. The molecule has 20 heavy (non-hydrogen) atoms. The molecule has 6 heteroatoms. The Balaban J connectivity index is 2.14. The number of non-ortho nitro benzene ring substituents is 1. The molecule has 0 N–H and O–H groups in total. The fraction of sp³-hybridized carbons (Fsp3) is 0.0714. The van der Waals surface area contributed by atoms with Crippen molar-refractivity contribution in [2.75, 3.05) is 0 Å². The first-order valence-corrected chi connectivity index (χ1v) is 6.07. The summed E-state index contributed by atoms with van der Waals surface area (Å²) in [6.45, 7) is 0. The van der Waals surface area contributed by atoms with Gasteiger partial charge in [-0.05, 0) is 23.8 Å². The van der Waals surface area contributed by atoms with Gasteiger partial charge in [0.15, 0.2) is 5.78 Å². The first-order chi connectivity index (χ1) is 9.47. The van der Waals surface area contributed by atoms with Crippen LogP contribution in [0.25, 0.3) is 0 Å². The maximum Gasteiger partial charge on any atom is 0.269 e. The van der Waals surface area contributed by atoms with Crippen LogP contribution in [-0.2, 0) is 6.42 Å². The summed E-state index contributed by atoms with van der Waals surface area (Å²) >= 11 is 5.54. The number of carbonyl (C=O) groups excluding carboxylic acids is 1. The van der Waals surface area contributed by atoms with Crippen LogP contribution in [0.15, 0.2) is 42.5 Å². The molecule has 0 bridgehead atoms. The van der Waals surface area contributed by atoms with Crippen LogP contribution in [0.1, 0.15) is 15.9 Å². The Labute approximate surface area is 119 Å². The van der Waals surface area contributed by atoms with Crippen LogP contribution in [0.2, 0.25) is 5.02 Å². The number of rotatable bonds is 4. The minimum Gasteiger partial charge on any atom is -0.294 e. The van der Waals surface area contributed by atoms with Gasteiger partial charge in [-0.2, -0.15) is 0 Å².